The molecule has 1 N–H and O–H groups in total. The van der Waals surface area contributed by atoms with Gasteiger partial charge < -0.3 is 5.32 Å². The van der Waals surface area contributed by atoms with Crippen LogP contribution in [0.3, 0.4) is 0 Å². The SMILES string of the molecule is CCNC(Cn1ncc(Cl)c1C)c1ccccc1C. The van der Waals surface area contributed by atoms with Crippen molar-refractivity contribution in [3.05, 3.63) is 52.3 Å². The van der Waals surface area contributed by atoms with Gasteiger partial charge in [0.2, 0.25) is 0 Å². The van der Waals surface area contributed by atoms with Crippen LogP contribution in [0.15, 0.2) is 30.5 Å². The summed E-state index contributed by atoms with van der Waals surface area (Å²) >= 11 is 6.06. The van der Waals surface area contributed by atoms with Crippen LogP contribution < -0.4 is 5.32 Å². The van der Waals surface area contributed by atoms with E-state index in [0.717, 1.165) is 23.8 Å². The number of nitrogens with zero attached hydrogens (tertiary/aromatic N) is 2. The summed E-state index contributed by atoms with van der Waals surface area (Å²) < 4.78 is 1.96. The van der Waals surface area contributed by atoms with Crippen LogP contribution >= 0.6 is 11.6 Å². The summed E-state index contributed by atoms with van der Waals surface area (Å²) in [6.07, 6.45) is 1.71. The van der Waals surface area contributed by atoms with E-state index in [-0.39, 0.29) is 6.04 Å². The van der Waals surface area contributed by atoms with E-state index in [1.807, 2.05) is 11.6 Å². The van der Waals surface area contributed by atoms with Gasteiger partial charge in [0.1, 0.15) is 0 Å². The number of benzene rings is 1. The molecule has 1 heterocycles. The minimum atomic E-state index is 0.251. The fraction of sp³-hybridized carbons (Fsp3) is 0.400. The average molecular weight is 278 g/mol. The van der Waals surface area contributed by atoms with E-state index in [9.17, 15) is 0 Å². The number of hydrogen-bond donors (Lipinski definition) is 1. The van der Waals surface area contributed by atoms with Crippen LogP contribution in [0.1, 0.15) is 29.8 Å². The van der Waals surface area contributed by atoms with Crippen LogP contribution in [0.4, 0.5) is 0 Å². The fourth-order valence-corrected chi connectivity index (χ4v) is 2.42. The molecular weight excluding hydrogens is 258 g/mol. The van der Waals surface area contributed by atoms with Crippen molar-refractivity contribution in [2.24, 2.45) is 0 Å². The molecule has 1 atom stereocenters. The summed E-state index contributed by atoms with van der Waals surface area (Å²) in [5.74, 6) is 0. The molecular formula is C15H20ClN3. The van der Waals surface area contributed by atoms with E-state index in [1.54, 1.807) is 6.20 Å². The monoisotopic (exact) mass is 277 g/mol. The quantitative estimate of drug-likeness (QED) is 0.906. The first-order valence-corrected chi connectivity index (χ1v) is 6.98. The van der Waals surface area contributed by atoms with Crippen molar-refractivity contribution < 1.29 is 0 Å². The summed E-state index contributed by atoms with van der Waals surface area (Å²) in [5.41, 5.74) is 3.62. The Balaban J connectivity index is 2.26. The number of aromatic nitrogens is 2. The van der Waals surface area contributed by atoms with Crippen molar-refractivity contribution in [2.75, 3.05) is 6.54 Å². The Labute approximate surface area is 119 Å². The molecule has 3 nitrogen and oxygen atoms in total. The van der Waals surface area contributed by atoms with E-state index in [2.05, 4.69) is 48.5 Å². The van der Waals surface area contributed by atoms with Crippen LogP contribution in [0.5, 0.6) is 0 Å². The first kappa shape index (κ1) is 14.1. The maximum absolute atomic E-state index is 6.06. The summed E-state index contributed by atoms with van der Waals surface area (Å²) in [7, 11) is 0. The number of rotatable bonds is 5. The lowest BCUT2D eigenvalue weighted by Gasteiger charge is -2.21. The first-order valence-electron chi connectivity index (χ1n) is 6.60. The second-order valence-corrected chi connectivity index (χ2v) is 5.13. The molecule has 0 saturated carbocycles. The minimum absolute atomic E-state index is 0.251. The zero-order chi connectivity index (χ0) is 13.8. The average Bonchev–Trinajstić information content (AvgIpc) is 2.71. The highest BCUT2D eigenvalue weighted by atomic mass is 35.5. The molecule has 1 aromatic heterocycles. The fourth-order valence-electron chi connectivity index (χ4n) is 2.28. The number of halogens is 1. The molecule has 4 heteroatoms. The normalized spacial score (nSPS) is 12.6. The molecule has 2 rings (SSSR count). The van der Waals surface area contributed by atoms with Crippen molar-refractivity contribution >= 4 is 11.6 Å². The van der Waals surface area contributed by atoms with E-state index in [1.165, 1.54) is 11.1 Å². The highest BCUT2D eigenvalue weighted by molar-refractivity contribution is 6.31. The van der Waals surface area contributed by atoms with Gasteiger partial charge in [0.25, 0.3) is 0 Å². The molecule has 0 fully saturated rings. The summed E-state index contributed by atoms with van der Waals surface area (Å²) in [5, 5.41) is 8.58. The van der Waals surface area contributed by atoms with Crippen molar-refractivity contribution in [1.29, 1.82) is 0 Å². The highest BCUT2D eigenvalue weighted by Crippen LogP contribution is 2.21. The molecule has 0 saturated heterocycles. The number of likely N-dealkylation sites (N-methyl/N-ethyl adjacent to an activating group) is 1. The predicted octanol–water partition coefficient (Wildman–Crippen LogP) is 3.50. The van der Waals surface area contributed by atoms with E-state index < -0.39 is 0 Å². The van der Waals surface area contributed by atoms with Gasteiger partial charge in [-0.2, -0.15) is 5.10 Å². The van der Waals surface area contributed by atoms with Gasteiger partial charge in [-0.1, -0.05) is 42.8 Å². The lowest BCUT2D eigenvalue weighted by molar-refractivity contribution is 0.441. The Kier molecular flexibility index (Phi) is 4.61. The van der Waals surface area contributed by atoms with Crippen molar-refractivity contribution in [2.45, 2.75) is 33.4 Å². The third-order valence-electron chi connectivity index (χ3n) is 3.41. The third kappa shape index (κ3) is 3.17. The van der Waals surface area contributed by atoms with Crippen molar-refractivity contribution in [1.82, 2.24) is 15.1 Å². The highest BCUT2D eigenvalue weighted by Gasteiger charge is 2.15. The molecule has 1 aromatic carbocycles. The molecule has 0 radical (unpaired) electrons. The lowest BCUT2D eigenvalue weighted by Crippen LogP contribution is -2.26. The summed E-state index contributed by atoms with van der Waals surface area (Å²) in [6, 6.07) is 8.71. The van der Waals surface area contributed by atoms with Gasteiger partial charge >= 0.3 is 0 Å². The van der Waals surface area contributed by atoms with Crippen LogP contribution in [0, 0.1) is 13.8 Å². The molecule has 19 heavy (non-hydrogen) atoms. The maximum atomic E-state index is 6.06. The van der Waals surface area contributed by atoms with Crippen LogP contribution in [-0.2, 0) is 6.54 Å². The molecule has 1 unspecified atom stereocenters. The second-order valence-electron chi connectivity index (χ2n) is 4.73. The predicted molar refractivity (Wildman–Crippen MR) is 79.6 cm³/mol. The lowest BCUT2D eigenvalue weighted by atomic mass is 10.0. The van der Waals surface area contributed by atoms with Gasteiger partial charge in [0, 0.05) is 0 Å². The molecule has 0 spiro atoms. The van der Waals surface area contributed by atoms with E-state index >= 15 is 0 Å². The van der Waals surface area contributed by atoms with Gasteiger partial charge in [-0.25, -0.2) is 0 Å². The van der Waals surface area contributed by atoms with Crippen molar-refractivity contribution in [3.63, 3.8) is 0 Å². The minimum Gasteiger partial charge on any atom is -0.309 e. The van der Waals surface area contributed by atoms with Crippen LogP contribution in [-0.4, -0.2) is 16.3 Å². The van der Waals surface area contributed by atoms with Crippen molar-refractivity contribution in [3.8, 4) is 0 Å². The van der Waals surface area contributed by atoms with Gasteiger partial charge in [-0.05, 0) is 31.5 Å². The molecule has 2 aromatic rings. The smallest absolute Gasteiger partial charge is 0.0814 e. The van der Waals surface area contributed by atoms with Gasteiger partial charge in [-0.15, -0.1) is 0 Å². The van der Waals surface area contributed by atoms with Gasteiger partial charge in [0.15, 0.2) is 0 Å². The van der Waals surface area contributed by atoms with E-state index in [4.69, 9.17) is 11.6 Å². The maximum Gasteiger partial charge on any atom is 0.0814 e. The Morgan fingerprint density at radius 1 is 1.32 bits per heavy atom. The summed E-state index contributed by atoms with van der Waals surface area (Å²) in [6.45, 7) is 7.97. The van der Waals surface area contributed by atoms with Crippen LogP contribution in [0.25, 0.3) is 0 Å². The molecule has 0 aliphatic rings. The summed E-state index contributed by atoms with van der Waals surface area (Å²) in [4.78, 5) is 0. The zero-order valence-corrected chi connectivity index (χ0v) is 12.4. The van der Waals surface area contributed by atoms with Crippen LogP contribution in [0.2, 0.25) is 5.02 Å². The number of nitrogens with one attached hydrogen (secondary N) is 1. The Morgan fingerprint density at radius 2 is 2.05 bits per heavy atom. The Hall–Kier alpha value is -1.32. The Morgan fingerprint density at radius 3 is 2.63 bits per heavy atom. The molecule has 0 aliphatic heterocycles. The first-order chi connectivity index (χ1) is 9.13. The Bertz CT molecular complexity index is 548. The second kappa shape index (κ2) is 6.22. The van der Waals surface area contributed by atoms with E-state index in [0.29, 0.717) is 0 Å². The topological polar surface area (TPSA) is 29.9 Å². The molecule has 0 amide bonds. The molecule has 0 bridgehead atoms. The largest absolute Gasteiger partial charge is 0.309 e. The number of hydrogen-bond acceptors (Lipinski definition) is 2. The standard InChI is InChI=1S/C15H20ClN3/c1-4-17-15(13-8-6-5-7-11(13)2)10-19-12(3)14(16)9-18-19/h5-9,15,17H,4,10H2,1-3H3. The third-order valence-corrected chi connectivity index (χ3v) is 3.78. The zero-order valence-electron chi connectivity index (χ0n) is 11.7. The molecule has 102 valence electrons. The molecule has 0 aliphatic carbocycles. The van der Waals surface area contributed by atoms with Gasteiger partial charge in [0.05, 0.1) is 29.5 Å². The number of aryl methyl sites for hydroxylation is 1. The van der Waals surface area contributed by atoms with Gasteiger partial charge in [-0.3, -0.25) is 4.68 Å².